The van der Waals surface area contributed by atoms with E-state index in [2.05, 4.69) is 15.8 Å². The van der Waals surface area contributed by atoms with Crippen molar-refractivity contribution in [1.82, 2.24) is 5.43 Å². The number of ether oxygens (including phenoxy) is 3. The Morgan fingerprint density at radius 2 is 1.61 bits per heavy atom. The average molecular weight is 385 g/mol. The molecule has 2 aromatic rings. The minimum atomic E-state index is -0.443. The first-order valence-electron chi connectivity index (χ1n) is 8.46. The zero-order chi connectivity index (χ0) is 20.5. The zero-order valence-corrected chi connectivity index (χ0v) is 16.2. The van der Waals surface area contributed by atoms with Gasteiger partial charge in [0.05, 0.1) is 33.4 Å². The minimum Gasteiger partial charge on any atom is -0.497 e. The van der Waals surface area contributed by atoms with Crippen molar-refractivity contribution in [1.29, 1.82) is 0 Å². The average Bonchev–Trinajstić information content (AvgIpc) is 2.71. The molecule has 0 aromatic heterocycles. The maximum atomic E-state index is 12.3. The van der Waals surface area contributed by atoms with E-state index in [4.69, 9.17) is 14.2 Å². The fraction of sp³-hybridized carbons (Fsp3) is 0.250. The van der Waals surface area contributed by atoms with Gasteiger partial charge in [-0.15, -0.1) is 0 Å². The highest BCUT2D eigenvalue weighted by Crippen LogP contribution is 2.23. The summed E-state index contributed by atoms with van der Waals surface area (Å²) < 4.78 is 15.5. The van der Waals surface area contributed by atoms with E-state index in [1.54, 1.807) is 43.3 Å². The molecule has 8 heteroatoms. The van der Waals surface area contributed by atoms with Gasteiger partial charge in [-0.1, -0.05) is 12.1 Å². The van der Waals surface area contributed by atoms with Crippen LogP contribution in [0.3, 0.4) is 0 Å². The van der Waals surface area contributed by atoms with Gasteiger partial charge in [-0.05, 0) is 31.2 Å². The van der Waals surface area contributed by atoms with Gasteiger partial charge in [0.1, 0.15) is 17.2 Å². The molecule has 0 unspecified atom stereocenters. The lowest BCUT2D eigenvalue weighted by Gasteiger charge is -2.10. The van der Waals surface area contributed by atoms with Gasteiger partial charge in [0.25, 0.3) is 5.91 Å². The van der Waals surface area contributed by atoms with Gasteiger partial charge in [-0.2, -0.15) is 5.10 Å². The molecule has 2 aromatic carbocycles. The molecule has 0 heterocycles. The number of hydrogen-bond acceptors (Lipinski definition) is 6. The Morgan fingerprint density at radius 3 is 2.21 bits per heavy atom. The summed E-state index contributed by atoms with van der Waals surface area (Å²) in [7, 11) is 4.53. The van der Waals surface area contributed by atoms with Crippen LogP contribution in [0.1, 0.15) is 23.7 Å². The molecule has 0 fully saturated rings. The van der Waals surface area contributed by atoms with Crippen molar-refractivity contribution < 1.29 is 23.8 Å². The van der Waals surface area contributed by atoms with Crippen LogP contribution in [0.15, 0.2) is 47.6 Å². The number of hydrogen-bond donors (Lipinski definition) is 2. The summed E-state index contributed by atoms with van der Waals surface area (Å²) in [5, 5.41) is 6.73. The molecule has 0 radical (unpaired) electrons. The lowest BCUT2D eigenvalue weighted by molar-refractivity contribution is -0.115. The van der Waals surface area contributed by atoms with E-state index in [1.807, 2.05) is 6.07 Å². The van der Waals surface area contributed by atoms with Crippen molar-refractivity contribution in [2.75, 3.05) is 26.6 Å². The normalized spacial score (nSPS) is 10.8. The number of nitrogens with one attached hydrogen (secondary N) is 2. The molecule has 0 aliphatic heterocycles. The second kappa shape index (κ2) is 9.96. The summed E-state index contributed by atoms with van der Waals surface area (Å²) in [4.78, 5) is 24.5. The molecule has 0 atom stereocenters. The molecule has 2 rings (SSSR count). The van der Waals surface area contributed by atoms with Crippen molar-refractivity contribution in [2.45, 2.75) is 13.3 Å². The van der Waals surface area contributed by atoms with Gasteiger partial charge in [0.15, 0.2) is 0 Å². The van der Waals surface area contributed by atoms with Crippen molar-refractivity contribution in [3.05, 3.63) is 48.0 Å². The number of carbonyl (C=O) groups is 2. The summed E-state index contributed by atoms with van der Waals surface area (Å²) in [5.74, 6) is 0.818. The molecule has 28 heavy (non-hydrogen) atoms. The number of para-hydroxylation sites is 2. The lowest BCUT2D eigenvalue weighted by Crippen LogP contribution is -2.21. The molecule has 0 aliphatic rings. The smallest absolute Gasteiger partial charge is 0.271 e. The van der Waals surface area contributed by atoms with E-state index in [-0.39, 0.29) is 12.3 Å². The monoisotopic (exact) mass is 385 g/mol. The number of rotatable bonds is 8. The van der Waals surface area contributed by atoms with Gasteiger partial charge in [0, 0.05) is 17.3 Å². The Hall–Kier alpha value is -3.55. The number of amides is 2. The largest absolute Gasteiger partial charge is 0.497 e. The Bertz CT molecular complexity index is 858. The fourth-order valence-corrected chi connectivity index (χ4v) is 2.36. The summed E-state index contributed by atoms with van der Waals surface area (Å²) in [6.07, 6.45) is 0.0137. The number of methoxy groups -OCH3 is 3. The summed E-state index contributed by atoms with van der Waals surface area (Å²) in [6, 6.07) is 11.9. The second-order valence-electron chi connectivity index (χ2n) is 5.81. The van der Waals surface area contributed by atoms with Crippen LogP contribution in [0.4, 0.5) is 5.69 Å². The molecule has 0 aliphatic carbocycles. The van der Waals surface area contributed by atoms with E-state index >= 15 is 0 Å². The van der Waals surface area contributed by atoms with Gasteiger partial charge in [-0.3, -0.25) is 9.59 Å². The molecule has 0 spiro atoms. The standard InChI is InChI=1S/C20H23N3O5/c1-13(9-19(24)21-17-7-5-6-8-18(17)28-4)22-23-20(25)14-10-15(26-2)12-16(11-14)27-3/h5-8,10-12H,9H2,1-4H3,(H,21,24)(H,23,25). The molecule has 8 nitrogen and oxygen atoms in total. The minimum absolute atomic E-state index is 0.0137. The molecule has 2 amide bonds. The third kappa shape index (κ3) is 5.73. The Kier molecular flexibility index (Phi) is 7.38. The first-order chi connectivity index (χ1) is 13.5. The quantitative estimate of drug-likeness (QED) is 0.538. The molecule has 0 saturated carbocycles. The SMILES string of the molecule is COc1cc(OC)cc(C(=O)NN=C(C)CC(=O)Nc2ccccc2OC)c1. The van der Waals surface area contributed by atoms with Gasteiger partial charge >= 0.3 is 0 Å². The summed E-state index contributed by atoms with van der Waals surface area (Å²) in [5.41, 5.74) is 3.76. The van der Waals surface area contributed by atoms with Crippen molar-refractivity contribution in [2.24, 2.45) is 5.10 Å². The first kappa shape index (κ1) is 20.8. The van der Waals surface area contributed by atoms with Gasteiger partial charge < -0.3 is 19.5 Å². The number of hydrazone groups is 1. The van der Waals surface area contributed by atoms with Crippen LogP contribution in [-0.2, 0) is 4.79 Å². The molecule has 0 saturated heterocycles. The van der Waals surface area contributed by atoms with Crippen LogP contribution in [-0.4, -0.2) is 38.9 Å². The van der Waals surface area contributed by atoms with Crippen LogP contribution >= 0.6 is 0 Å². The Morgan fingerprint density at radius 1 is 0.964 bits per heavy atom. The second-order valence-corrected chi connectivity index (χ2v) is 5.81. The van der Waals surface area contributed by atoms with Crippen LogP contribution in [0.5, 0.6) is 17.2 Å². The molecule has 148 valence electrons. The first-order valence-corrected chi connectivity index (χ1v) is 8.46. The van der Waals surface area contributed by atoms with Crippen LogP contribution < -0.4 is 25.0 Å². The van der Waals surface area contributed by atoms with Crippen molar-refractivity contribution in [3.63, 3.8) is 0 Å². The number of nitrogens with zero attached hydrogens (tertiary/aromatic N) is 1. The molecular formula is C20H23N3O5. The number of benzene rings is 2. The summed E-state index contributed by atoms with van der Waals surface area (Å²) in [6.45, 7) is 1.65. The maximum Gasteiger partial charge on any atom is 0.271 e. The maximum absolute atomic E-state index is 12.3. The Labute approximate surface area is 163 Å². The van der Waals surface area contributed by atoms with Gasteiger partial charge in [0.2, 0.25) is 5.91 Å². The number of anilines is 1. The highest BCUT2D eigenvalue weighted by atomic mass is 16.5. The fourth-order valence-electron chi connectivity index (χ4n) is 2.36. The van der Waals surface area contributed by atoms with E-state index in [0.29, 0.717) is 34.2 Å². The van der Waals surface area contributed by atoms with Gasteiger partial charge in [-0.25, -0.2) is 5.43 Å². The predicted molar refractivity (Wildman–Crippen MR) is 106 cm³/mol. The van der Waals surface area contributed by atoms with Crippen LogP contribution in [0.2, 0.25) is 0 Å². The topological polar surface area (TPSA) is 98.3 Å². The highest BCUT2D eigenvalue weighted by Gasteiger charge is 2.11. The third-order valence-electron chi connectivity index (χ3n) is 3.76. The highest BCUT2D eigenvalue weighted by molar-refractivity contribution is 6.06. The van der Waals surface area contributed by atoms with E-state index in [9.17, 15) is 9.59 Å². The van der Waals surface area contributed by atoms with Crippen LogP contribution in [0.25, 0.3) is 0 Å². The number of carbonyl (C=O) groups excluding carboxylic acids is 2. The Balaban J connectivity index is 1.98. The van der Waals surface area contributed by atoms with E-state index < -0.39 is 5.91 Å². The predicted octanol–water partition coefficient (Wildman–Crippen LogP) is 2.85. The molecule has 0 bridgehead atoms. The van der Waals surface area contributed by atoms with E-state index in [1.165, 1.54) is 21.3 Å². The third-order valence-corrected chi connectivity index (χ3v) is 3.76. The summed E-state index contributed by atoms with van der Waals surface area (Å²) >= 11 is 0. The molecular weight excluding hydrogens is 362 g/mol. The lowest BCUT2D eigenvalue weighted by atomic mass is 10.2. The van der Waals surface area contributed by atoms with Crippen molar-refractivity contribution in [3.8, 4) is 17.2 Å². The van der Waals surface area contributed by atoms with E-state index in [0.717, 1.165) is 0 Å². The van der Waals surface area contributed by atoms with Crippen molar-refractivity contribution >= 4 is 23.2 Å². The zero-order valence-electron chi connectivity index (χ0n) is 16.2. The van der Waals surface area contributed by atoms with Crippen LogP contribution in [0, 0.1) is 0 Å². The molecule has 2 N–H and O–H groups in total.